The monoisotopic (exact) mass is 348 g/mol. The van der Waals surface area contributed by atoms with Gasteiger partial charge in [0.05, 0.1) is 11.6 Å². The summed E-state index contributed by atoms with van der Waals surface area (Å²) >= 11 is 7.11. The van der Waals surface area contributed by atoms with Crippen molar-refractivity contribution in [3.8, 4) is 5.75 Å². The van der Waals surface area contributed by atoms with Crippen LogP contribution >= 0.6 is 31.9 Å². The van der Waals surface area contributed by atoms with Gasteiger partial charge in [-0.25, -0.2) is 0 Å². The zero-order chi connectivity index (χ0) is 12.0. The molecule has 0 aliphatic carbocycles. The zero-order valence-corrected chi connectivity index (χ0v) is 13.0. The third-order valence-corrected chi connectivity index (χ3v) is 4.19. The third-order valence-electron chi connectivity index (χ3n) is 2.66. The van der Waals surface area contributed by atoms with Gasteiger partial charge in [0.25, 0.3) is 0 Å². The molecule has 1 atom stereocenters. The molecule has 0 heterocycles. The van der Waals surface area contributed by atoms with Gasteiger partial charge in [-0.1, -0.05) is 35.3 Å². The Bertz CT molecular complexity index is 326. The molecule has 90 valence electrons. The van der Waals surface area contributed by atoms with Gasteiger partial charge in [0, 0.05) is 5.33 Å². The van der Waals surface area contributed by atoms with Crippen LogP contribution in [0.4, 0.5) is 0 Å². The smallest absolute Gasteiger partial charge is 0.133 e. The molecule has 1 aromatic rings. The fraction of sp³-hybridized carbons (Fsp3) is 0.538. The van der Waals surface area contributed by atoms with Gasteiger partial charge < -0.3 is 4.74 Å². The van der Waals surface area contributed by atoms with Crippen molar-refractivity contribution in [3.05, 3.63) is 28.2 Å². The van der Waals surface area contributed by atoms with Crippen LogP contribution in [0.15, 0.2) is 22.7 Å². The number of hydrogen-bond acceptors (Lipinski definition) is 1. The van der Waals surface area contributed by atoms with E-state index in [-0.39, 0.29) is 0 Å². The van der Waals surface area contributed by atoms with E-state index in [4.69, 9.17) is 4.74 Å². The summed E-state index contributed by atoms with van der Waals surface area (Å²) in [6.07, 6.45) is 3.64. The maximum Gasteiger partial charge on any atom is 0.133 e. The molecule has 0 spiro atoms. The van der Waals surface area contributed by atoms with Crippen molar-refractivity contribution >= 4 is 31.9 Å². The first kappa shape index (κ1) is 14.0. The Morgan fingerprint density at radius 1 is 1.38 bits per heavy atom. The van der Waals surface area contributed by atoms with Gasteiger partial charge in [-0.05, 0) is 52.4 Å². The molecule has 0 bridgehead atoms. The summed E-state index contributed by atoms with van der Waals surface area (Å²) < 4.78 is 6.26. The van der Waals surface area contributed by atoms with Crippen LogP contribution < -0.4 is 4.74 Å². The molecule has 16 heavy (non-hydrogen) atoms. The molecule has 1 unspecified atom stereocenters. The average Bonchev–Trinajstić information content (AvgIpc) is 2.28. The van der Waals surface area contributed by atoms with E-state index < -0.39 is 0 Å². The van der Waals surface area contributed by atoms with Crippen molar-refractivity contribution in [2.75, 3.05) is 12.4 Å². The number of benzene rings is 1. The van der Waals surface area contributed by atoms with Crippen molar-refractivity contribution in [2.24, 2.45) is 5.92 Å². The van der Waals surface area contributed by atoms with Crippen LogP contribution in [0.1, 0.15) is 25.3 Å². The Morgan fingerprint density at radius 3 is 2.62 bits per heavy atom. The summed E-state index contributed by atoms with van der Waals surface area (Å²) in [5.74, 6) is 1.62. The molecule has 1 aromatic carbocycles. The van der Waals surface area contributed by atoms with E-state index in [0.717, 1.165) is 27.9 Å². The SMILES string of the molecule is CCCC(CBr)Cc1ccc(OC)c(Br)c1. The van der Waals surface area contributed by atoms with E-state index in [1.165, 1.54) is 18.4 Å². The largest absolute Gasteiger partial charge is 0.496 e. The fourth-order valence-electron chi connectivity index (χ4n) is 1.81. The highest BCUT2D eigenvalue weighted by atomic mass is 79.9. The Kier molecular flexibility index (Phi) is 6.44. The van der Waals surface area contributed by atoms with Crippen LogP contribution in [-0.2, 0) is 6.42 Å². The van der Waals surface area contributed by atoms with E-state index in [2.05, 4.69) is 50.9 Å². The molecule has 1 nitrogen and oxygen atoms in total. The molecule has 3 heteroatoms. The lowest BCUT2D eigenvalue weighted by Crippen LogP contribution is -2.05. The Morgan fingerprint density at radius 2 is 2.12 bits per heavy atom. The summed E-state index contributed by atoms with van der Waals surface area (Å²) in [6, 6.07) is 6.33. The second kappa shape index (κ2) is 7.33. The van der Waals surface area contributed by atoms with Gasteiger partial charge in [-0.15, -0.1) is 0 Å². The van der Waals surface area contributed by atoms with E-state index in [1.54, 1.807) is 7.11 Å². The molecule has 0 saturated heterocycles. The van der Waals surface area contributed by atoms with Gasteiger partial charge in [0.2, 0.25) is 0 Å². The Labute approximate surface area is 115 Å². The summed E-state index contributed by atoms with van der Waals surface area (Å²) in [6.45, 7) is 2.24. The molecule has 1 rings (SSSR count). The number of rotatable bonds is 6. The van der Waals surface area contributed by atoms with Crippen LogP contribution in [0, 0.1) is 5.92 Å². The van der Waals surface area contributed by atoms with Crippen LogP contribution in [0.2, 0.25) is 0 Å². The summed E-state index contributed by atoms with van der Waals surface area (Å²) in [5, 5.41) is 1.07. The standard InChI is InChI=1S/C13H18Br2O/c1-3-4-11(9-14)7-10-5-6-13(16-2)12(15)8-10/h5-6,8,11H,3-4,7,9H2,1-2H3. The first-order valence-electron chi connectivity index (χ1n) is 5.59. The van der Waals surface area contributed by atoms with Gasteiger partial charge in [0.15, 0.2) is 0 Å². The first-order valence-corrected chi connectivity index (χ1v) is 7.51. The number of ether oxygens (including phenoxy) is 1. The molecule has 0 aromatic heterocycles. The van der Waals surface area contributed by atoms with E-state index in [9.17, 15) is 0 Å². The minimum Gasteiger partial charge on any atom is -0.496 e. The van der Waals surface area contributed by atoms with Crippen molar-refractivity contribution in [2.45, 2.75) is 26.2 Å². The van der Waals surface area contributed by atoms with Crippen molar-refractivity contribution in [1.29, 1.82) is 0 Å². The molecule has 0 radical (unpaired) electrons. The third kappa shape index (κ3) is 4.10. The normalized spacial score (nSPS) is 12.5. The number of methoxy groups -OCH3 is 1. The molecular formula is C13H18Br2O. The lowest BCUT2D eigenvalue weighted by Gasteiger charge is -2.13. The predicted molar refractivity (Wildman–Crippen MR) is 76.6 cm³/mol. The second-order valence-electron chi connectivity index (χ2n) is 3.98. The van der Waals surface area contributed by atoms with Gasteiger partial charge in [0.1, 0.15) is 5.75 Å². The van der Waals surface area contributed by atoms with E-state index >= 15 is 0 Å². The Hall–Kier alpha value is -0.0200. The van der Waals surface area contributed by atoms with Gasteiger partial charge >= 0.3 is 0 Å². The van der Waals surface area contributed by atoms with Crippen molar-refractivity contribution in [3.63, 3.8) is 0 Å². The second-order valence-corrected chi connectivity index (χ2v) is 5.48. The predicted octanol–water partition coefficient (Wildman–Crippen LogP) is 4.81. The highest BCUT2D eigenvalue weighted by Crippen LogP contribution is 2.27. The van der Waals surface area contributed by atoms with Crippen LogP contribution in [0.5, 0.6) is 5.75 Å². The zero-order valence-electron chi connectivity index (χ0n) is 9.80. The molecule has 0 aliphatic heterocycles. The van der Waals surface area contributed by atoms with Crippen molar-refractivity contribution < 1.29 is 4.74 Å². The number of halogens is 2. The molecular weight excluding hydrogens is 332 g/mol. The van der Waals surface area contributed by atoms with Gasteiger partial charge in [-0.3, -0.25) is 0 Å². The quantitative estimate of drug-likeness (QED) is 0.669. The Balaban J connectivity index is 2.69. The molecule has 0 aliphatic rings. The summed E-state index contributed by atoms with van der Waals surface area (Å²) in [7, 11) is 1.69. The number of alkyl halides is 1. The molecule has 0 fully saturated rings. The molecule has 0 saturated carbocycles. The summed E-state index contributed by atoms with van der Waals surface area (Å²) in [5.41, 5.74) is 1.37. The van der Waals surface area contributed by atoms with E-state index in [1.807, 2.05) is 6.07 Å². The van der Waals surface area contributed by atoms with Crippen LogP contribution in [-0.4, -0.2) is 12.4 Å². The topological polar surface area (TPSA) is 9.23 Å². The van der Waals surface area contributed by atoms with Gasteiger partial charge in [-0.2, -0.15) is 0 Å². The first-order chi connectivity index (χ1) is 7.71. The van der Waals surface area contributed by atoms with Crippen LogP contribution in [0.25, 0.3) is 0 Å². The van der Waals surface area contributed by atoms with Crippen LogP contribution in [0.3, 0.4) is 0 Å². The lowest BCUT2D eigenvalue weighted by atomic mass is 9.97. The minimum atomic E-state index is 0.727. The maximum absolute atomic E-state index is 5.22. The fourth-order valence-corrected chi connectivity index (χ4v) is 2.95. The maximum atomic E-state index is 5.22. The molecule has 0 amide bonds. The molecule has 0 N–H and O–H groups in total. The average molecular weight is 350 g/mol. The highest BCUT2D eigenvalue weighted by molar-refractivity contribution is 9.10. The minimum absolute atomic E-state index is 0.727. The van der Waals surface area contributed by atoms with Crippen molar-refractivity contribution in [1.82, 2.24) is 0 Å². The highest BCUT2D eigenvalue weighted by Gasteiger charge is 2.08. The summed E-state index contributed by atoms with van der Waals surface area (Å²) in [4.78, 5) is 0. The van der Waals surface area contributed by atoms with E-state index in [0.29, 0.717) is 0 Å². The lowest BCUT2D eigenvalue weighted by molar-refractivity contribution is 0.411. The number of hydrogen-bond donors (Lipinski definition) is 0.